The molecule has 1 aromatic carbocycles. The maximum absolute atomic E-state index is 13.0. The summed E-state index contributed by atoms with van der Waals surface area (Å²) >= 11 is 0. The van der Waals surface area contributed by atoms with Gasteiger partial charge < -0.3 is 20.4 Å². The van der Waals surface area contributed by atoms with E-state index in [1.165, 1.54) is 0 Å². The Balaban J connectivity index is 0.00000241. The minimum atomic E-state index is -0.250. The van der Waals surface area contributed by atoms with Crippen molar-refractivity contribution >= 4 is 53.3 Å². The molecule has 0 saturated heterocycles. The van der Waals surface area contributed by atoms with Gasteiger partial charge >= 0.3 is 0 Å². The van der Waals surface area contributed by atoms with Crippen LogP contribution in [0.2, 0.25) is 0 Å². The van der Waals surface area contributed by atoms with Crippen LogP contribution in [0.25, 0.3) is 10.9 Å². The molecule has 10 heteroatoms. The van der Waals surface area contributed by atoms with Gasteiger partial charge in [-0.2, -0.15) is 0 Å². The van der Waals surface area contributed by atoms with Crippen molar-refractivity contribution in [3.05, 3.63) is 53.7 Å². The lowest BCUT2D eigenvalue weighted by Crippen LogP contribution is -2.48. The number of aryl methyl sites for hydroxylation is 1. The molecule has 3 aromatic rings. The van der Waals surface area contributed by atoms with Gasteiger partial charge in [0, 0.05) is 24.0 Å². The molecule has 4 rings (SSSR count). The van der Waals surface area contributed by atoms with Gasteiger partial charge in [-0.15, -0.1) is 24.8 Å². The van der Waals surface area contributed by atoms with E-state index in [9.17, 15) is 4.79 Å². The largest absolute Gasteiger partial charge is 0.461 e. The third kappa shape index (κ3) is 7.58. The Labute approximate surface area is 231 Å². The van der Waals surface area contributed by atoms with E-state index < -0.39 is 0 Å². The second kappa shape index (κ2) is 14.2. The van der Waals surface area contributed by atoms with Crippen molar-refractivity contribution in [2.24, 2.45) is 5.92 Å². The number of amidine groups is 1. The molecule has 1 fully saturated rings. The Morgan fingerprint density at radius 2 is 1.84 bits per heavy atom. The van der Waals surface area contributed by atoms with Crippen LogP contribution in [0.4, 0.5) is 5.82 Å². The van der Waals surface area contributed by atoms with Crippen molar-refractivity contribution in [1.29, 1.82) is 5.41 Å². The standard InChI is InChI=1S/C27H36N6O2.2ClH/c1-4-18(5-2)16-29-27(34)26-31-20-13-12-17(3)15-19(20)25(33-26)32-22-10-7-6-9-21(22)30-24(28)23-11-8-14-35-23;;/h8,11-15,18,21-22H,4-7,9-10,16H2,1-3H3,(H2,28,30)(H,29,34)(H,31,32,33);2*1H/t21-,22+;;/m1../s1. The minimum Gasteiger partial charge on any atom is -0.461 e. The molecule has 4 N–H and O–H groups in total. The molecule has 0 unspecified atom stereocenters. The first-order valence-electron chi connectivity index (χ1n) is 12.7. The lowest BCUT2D eigenvalue weighted by Gasteiger charge is -2.34. The van der Waals surface area contributed by atoms with Gasteiger partial charge in [-0.1, -0.05) is 51.2 Å². The molecule has 37 heavy (non-hydrogen) atoms. The highest BCUT2D eigenvalue weighted by Crippen LogP contribution is 2.27. The highest BCUT2D eigenvalue weighted by molar-refractivity contribution is 5.97. The van der Waals surface area contributed by atoms with E-state index in [0.29, 0.717) is 24.0 Å². The first-order chi connectivity index (χ1) is 17.0. The molecule has 0 spiro atoms. The van der Waals surface area contributed by atoms with Gasteiger partial charge in [0.05, 0.1) is 11.8 Å². The van der Waals surface area contributed by atoms with Gasteiger partial charge in [-0.05, 0) is 49.9 Å². The number of hydrogen-bond donors (Lipinski definition) is 4. The molecule has 1 amide bonds. The third-order valence-electron chi connectivity index (χ3n) is 6.95. The smallest absolute Gasteiger partial charge is 0.289 e. The van der Waals surface area contributed by atoms with Crippen molar-refractivity contribution in [2.45, 2.75) is 71.4 Å². The van der Waals surface area contributed by atoms with Crippen LogP contribution in [0, 0.1) is 18.3 Å². The molecule has 1 aliphatic rings. The zero-order valence-corrected chi connectivity index (χ0v) is 23.3. The normalized spacial score (nSPS) is 17.0. The highest BCUT2D eigenvalue weighted by Gasteiger charge is 2.28. The Bertz CT molecular complexity index is 1170. The molecule has 0 aliphatic heterocycles. The number of nitrogens with zero attached hydrogens (tertiary/aromatic N) is 2. The summed E-state index contributed by atoms with van der Waals surface area (Å²) in [6, 6.07) is 9.67. The number of furan rings is 1. The van der Waals surface area contributed by atoms with Crippen LogP contribution < -0.4 is 16.0 Å². The van der Waals surface area contributed by atoms with E-state index in [4.69, 9.17) is 14.8 Å². The SMILES string of the molecule is CCC(CC)CNC(=O)c1nc(N[C@H]2CCCC[C@H]2NC(=N)c2ccco2)c2cc(C)ccc2n1.Cl.Cl. The molecule has 0 bridgehead atoms. The predicted octanol–water partition coefficient (Wildman–Crippen LogP) is 5.88. The van der Waals surface area contributed by atoms with Crippen LogP contribution in [0.1, 0.15) is 74.3 Å². The lowest BCUT2D eigenvalue weighted by atomic mass is 9.90. The first kappa shape index (κ1) is 30.4. The first-order valence-corrected chi connectivity index (χ1v) is 12.7. The minimum absolute atomic E-state index is 0. The molecular formula is C27H38Cl2N6O2. The van der Waals surface area contributed by atoms with Gasteiger partial charge in [0.1, 0.15) is 5.82 Å². The summed E-state index contributed by atoms with van der Waals surface area (Å²) in [5.74, 6) is 1.83. The van der Waals surface area contributed by atoms with Gasteiger partial charge in [0.25, 0.3) is 5.91 Å². The second-order valence-electron chi connectivity index (χ2n) is 9.45. The van der Waals surface area contributed by atoms with Crippen molar-refractivity contribution in [2.75, 3.05) is 11.9 Å². The summed E-state index contributed by atoms with van der Waals surface area (Å²) in [5, 5.41) is 19.3. The number of amides is 1. The number of halogens is 2. The average Bonchev–Trinajstić information content (AvgIpc) is 3.41. The zero-order valence-electron chi connectivity index (χ0n) is 21.7. The number of nitrogens with one attached hydrogen (secondary N) is 4. The van der Waals surface area contributed by atoms with E-state index in [-0.39, 0.29) is 54.5 Å². The van der Waals surface area contributed by atoms with Crippen LogP contribution in [0.15, 0.2) is 41.0 Å². The fourth-order valence-corrected chi connectivity index (χ4v) is 4.68. The number of carbonyl (C=O) groups is 1. The van der Waals surface area contributed by atoms with Crippen LogP contribution >= 0.6 is 24.8 Å². The number of anilines is 1. The van der Waals surface area contributed by atoms with Crippen LogP contribution in [-0.4, -0.2) is 40.3 Å². The van der Waals surface area contributed by atoms with Gasteiger partial charge in [-0.3, -0.25) is 10.2 Å². The topological polar surface area (TPSA) is 116 Å². The van der Waals surface area contributed by atoms with E-state index >= 15 is 0 Å². The Hall–Kier alpha value is -2.84. The molecule has 2 heterocycles. The summed E-state index contributed by atoms with van der Waals surface area (Å²) in [6.07, 6.45) is 7.67. The third-order valence-corrected chi connectivity index (χ3v) is 6.95. The van der Waals surface area contributed by atoms with Crippen molar-refractivity contribution in [3.8, 4) is 0 Å². The monoisotopic (exact) mass is 548 g/mol. The van der Waals surface area contributed by atoms with Crippen LogP contribution in [0.5, 0.6) is 0 Å². The lowest BCUT2D eigenvalue weighted by molar-refractivity contribution is 0.0936. The van der Waals surface area contributed by atoms with E-state index in [2.05, 4.69) is 40.8 Å². The number of hydrogen-bond acceptors (Lipinski definition) is 6. The number of benzene rings is 1. The van der Waals surface area contributed by atoms with Crippen LogP contribution in [-0.2, 0) is 0 Å². The quantitative estimate of drug-likeness (QED) is 0.196. The predicted molar refractivity (Wildman–Crippen MR) is 154 cm³/mol. The van der Waals surface area contributed by atoms with Gasteiger partial charge in [0.2, 0.25) is 5.82 Å². The maximum Gasteiger partial charge on any atom is 0.289 e. The van der Waals surface area contributed by atoms with Gasteiger partial charge in [-0.25, -0.2) is 9.97 Å². The molecule has 0 radical (unpaired) electrons. The van der Waals surface area contributed by atoms with Crippen molar-refractivity contribution in [3.63, 3.8) is 0 Å². The molecule has 2 atom stereocenters. The number of fused-ring (bicyclic) bond motifs is 1. The number of aromatic nitrogens is 2. The average molecular weight is 550 g/mol. The van der Waals surface area contributed by atoms with Gasteiger partial charge in [0.15, 0.2) is 11.6 Å². The molecule has 1 saturated carbocycles. The summed E-state index contributed by atoms with van der Waals surface area (Å²) in [5.41, 5.74) is 1.84. The number of rotatable bonds is 9. The summed E-state index contributed by atoms with van der Waals surface area (Å²) in [7, 11) is 0. The van der Waals surface area contributed by atoms with E-state index in [1.807, 2.05) is 19.1 Å². The fraction of sp³-hybridized carbons (Fsp3) is 0.481. The Kier molecular flexibility index (Phi) is 11.7. The molecule has 202 valence electrons. The zero-order chi connectivity index (χ0) is 24.8. The fourth-order valence-electron chi connectivity index (χ4n) is 4.68. The van der Waals surface area contributed by atoms with Crippen molar-refractivity contribution in [1.82, 2.24) is 20.6 Å². The summed E-state index contributed by atoms with van der Waals surface area (Å²) in [4.78, 5) is 22.2. The Morgan fingerprint density at radius 1 is 1.11 bits per heavy atom. The van der Waals surface area contributed by atoms with E-state index in [1.54, 1.807) is 18.4 Å². The Morgan fingerprint density at radius 3 is 2.51 bits per heavy atom. The van der Waals surface area contributed by atoms with Crippen LogP contribution in [0.3, 0.4) is 0 Å². The molecule has 1 aliphatic carbocycles. The maximum atomic E-state index is 13.0. The number of carbonyl (C=O) groups excluding carboxylic acids is 1. The summed E-state index contributed by atoms with van der Waals surface area (Å²) < 4.78 is 5.39. The molecular weight excluding hydrogens is 511 g/mol. The molecule has 2 aromatic heterocycles. The second-order valence-corrected chi connectivity index (χ2v) is 9.45. The highest BCUT2D eigenvalue weighted by atomic mass is 35.5. The summed E-state index contributed by atoms with van der Waals surface area (Å²) in [6.45, 7) is 6.93. The van der Waals surface area contributed by atoms with Crippen molar-refractivity contribution < 1.29 is 9.21 Å². The molecule has 8 nitrogen and oxygen atoms in total. The van der Waals surface area contributed by atoms with E-state index in [0.717, 1.165) is 55.0 Å².